The van der Waals surface area contributed by atoms with Gasteiger partial charge in [0.2, 0.25) is 0 Å². The van der Waals surface area contributed by atoms with Gasteiger partial charge in [0, 0.05) is 19.4 Å². The Morgan fingerprint density at radius 3 is 3.18 bits per heavy atom. The van der Waals surface area contributed by atoms with Crippen molar-refractivity contribution in [3.8, 4) is 5.75 Å². The Labute approximate surface area is 101 Å². The summed E-state index contributed by atoms with van der Waals surface area (Å²) in [6.07, 6.45) is 2.00. The Morgan fingerprint density at radius 2 is 2.35 bits per heavy atom. The van der Waals surface area contributed by atoms with E-state index in [0.717, 1.165) is 25.2 Å². The second-order valence-electron chi connectivity index (χ2n) is 4.05. The van der Waals surface area contributed by atoms with Gasteiger partial charge >= 0.3 is 5.97 Å². The Balaban J connectivity index is 1.81. The van der Waals surface area contributed by atoms with Gasteiger partial charge < -0.3 is 15.2 Å². The Bertz CT molecular complexity index is 404. The summed E-state index contributed by atoms with van der Waals surface area (Å²) in [5, 5.41) is 0. The molecule has 1 aliphatic heterocycles. The fourth-order valence-electron chi connectivity index (χ4n) is 1.87. The van der Waals surface area contributed by atoms with Crippen LogP contribution >= 0.6 is 0 Å². The molecule has 2 rings (SSSR count). The van der Waals surface area contributed by atoms with E-state index in [-0.39, 0.29) is 12.4 Å². The Hall–Kier alpha value is -1.55. The molecule has 1 heterocycles. The van der Waals surface area contributed by atoms with E-state index in [0.29, 0.717) is 13.2 Å². The van der Waals surface area contributed by atoms with Gasteiger partial charge in [-0.05, 0) is 17.2 Å². The molecular weight excluding hydrogens is 218 g/mol. The molecular formula is C13H17NO3. The monoisotopic (exact) mass is 235 g/mol. The van der Waals surface area contributed by atoms with Gasteiger partial charge in [0.15, 0.2) is 0 Å². The van der Waals surface area contributed by atoms with Gasteiger partial charge in [0.05, 0.1) is 19.6 Å². The standard InChI is InChI=1S/C13H17NO3/c14-6-3-13(15)17-7-4-10-1-2-12-11(9-10)5-8-16-12/h1-2,9H,3-8,14H2. The fourth-order valence-corrected chi connectivity index (χ4v) is 1.87. The third-order valence-corrected chi connectivity index (χ3v) is 2.76. The first-order chi connectivity index (χ1) is 8.29. The van der Waals surface area contributed by atoms with E-state index in [9.17, 15) is 4.79 Å². The molecule has 0 radical (unpaired) electrons. The Morgan fingerprint density at radius 1 is 1.47 bits per heavy atom. The molecule has 17 heavy (non-hydrogen) atoms. The van der Waals surface area contributed by atoms with E-state index in [1.165, 1.54) is 11.1 Å². The summed E-state index contributed by atoms with van der Waals surface area (Å²) in [5.41, 5.74) is 7.68. The number of hydrogen-bond acceptors (Lipinski definition) is 4. The number of benzene rings is 1. The zero-order chi connectivity index (χ0) is 12.1. The van der Waals surface area contributed by atoms with E-state index in [1.54, 1.807) is 0 Å². The van der Waals surface area contributed by atoms with Crippen molar-refractivity contribution in [1.82, 2.24) is 0 Å². The first kappa shape index (κ1) is 11.9. The molecule has 0 amide bonds. The number of fused-ring (bicyclic) bond motifs is 1. The first-order valence-electron chi connectivity index (χ1n) is 5.90. The molecule has 92 valence electrons. The minimum Gasteiger partial charge on any atom is -0.493 e. The van der Waals surface area contributed by atoms with E-state index < -0.39 is 0 Å². The maximum Gasteiger partial charge on any atom is 0.307 e. The molecule has 4 nitrogen and oxygen atoms in total. The van der Waals surface area contributed by atoms with Crippen LogP contribution in [0.4, 0.5) is 0 Å². The summed E-state index contributed by atoms with van der Waals surface area (Å²) in [6.45, 7) is 1.53. The molecule has 0 bridgehead atoms. The fraction of sp³-hybridized carbons (Fsp3) is 0.462. The third-order valence-electron chi connectivity index (χ3n) is 2.76. The highest BCUT2D eigenvalue weighted by Gasteiger charge is 2.11. The number of ether oxygens (including phenoxy) is 2. The van der Waals surface area contributed by atoms with Crippen LogP contribution in [-0.4, -0.2) is 25.7 Å². The van der Waals surface area contributed by atoms with Crippen molar-refractivity contribution in [3.05, 3.63) is 29.3 Å². The number of hydrogen-bond donors (Lipinski definition) is 1. The first-order valence-corrected chi connectivity index (χ1v) is 5.90. The second-order valence-corrected chi connectivity index (χ2v) is 4.05. The molecule has 0 saturated carbocycles. The van der Waals surface area contributed by atoms with Crippen molar-refractivity contribution in [1.29, 1.82) is 0 Å². The highest BCUT2D eigenvalue weighted by atomic mass is 16.5. The van der Waals surface area contributed by atoms with Crippen LogP contribution in [0.1, 0.15) is 17.5 Å². The molecule has 0 saturated heterocycles. The minimum absolute atomic E-state index is 0.225. The van der Waals surface area contributed by atoms with Gasteiger partial charge in [-0.25, -0.2) is 0 Å². The molecule has 4 heteroatoms. The molecule has 1 aromatic rings. The van der Waals surface area contributed by atoms with Crippen LogP contribution in [0.3, 0.4) is 0 Å². The van der Waals surface area contributed by atoms with Crippen LogP contribution in [0.2, 0.25) is 0 Å². The SMILES string of the molecule is NCCC(=O)OCCc1ccc2c(c1)CCO2. The maximum atomic E-state index is 11.1. The number of nitrogens with two attached hydrogens (primary N) is 1. The predicted molar refractivity (Wildman–Crippen MR) is 64.0 cm³/mol. The largest absolute Gasteiger partial charge is 0.493 e. The Kier molecular flexibility index (Phi) is 3.98. The highest BCUT2D eigenvalue weighted by molar-refractivity contribution is 5.69. The average molecular weight is 235 g/mol. The van der Waals surface area contributed by atoms with Crippen molar-refractivity contribution in [3.63, 3.8) is 0 Å². The van der Waals surface area contributed by atoms with E-state index in [4.69, 9.17) is 15.2 Å². The summed E-state index contributed by atoms with van der Waals surface area (Å²) < 4.78 is 10.5. The van der Waals surface area contributed by atoms with Crippen molar-refractivity contribution in [2.45, 2.75) is 19.3 Å². The average Bonchev–Trinajstić information content (AvgIpc) is 2.76. The second kappa shape index (κ2) is 5.68. The van der Waals surface area contributed by atoms with E-state index in [1.807, 2.05) is 12.1 Å². The quantitative estimate of drug-likeness (QED) is 0.775. The summed E-state index contributed by atoms with van der Waals surface area (Å²) in [4.78, 5) is 11.1. The zero-order valence-electron chi connectivity index (χ0n) is 9.78. The molecule has 2 N–H and O–H groups in total. The lowest BCUT2D eigenvalue weighted by Crippen LogP contribution is -2.12. The minimum atomic E-state index is -0.225. The van der Waals surface area contributed by atoms with Crippen LogP contribution in [0, 0.1) is 0 Å². The van der Waals surface area contributed by atoms with Crippen LogP contribution in [0.5, 0.6) is 5.75 Å². The van der Waals surface area contributed by atoms with Gasteiger partial charge in [-0.15, -0.1) is 0 Å². The van der Waals surface area contributed by atoms with Crippen molar-refractivity contribution < 1.29 is 14.3 Å². The topological polar surface area (TPSA) is 61.6 Å². The molecule has 0 atom stereocenters. The lowest BCUT2D eigenvalue weighted by Gasteiger charge is -2.05. The van der Waals surface area contributed by atoms with Crippen LogP contribution < -0.4 is 10.5 Å². The predicted octanol–water partition coefficient (Wildman–Crippen LogP) is 1.06. The van der Waals surface area contributed by atoms with E-state index in [2.05, 4.69) is 6.07 Å². The van der Waals surface area contributed by atoms with Crippen molar-refractivity contribution in [2.24, 2.45) is 5.73 Å². The summed E-state index contributed by atoms with van der Waals surface area (Å²) in [7, 11) is 0. The molecule has 0 aliphatic carbocycles. The summed E-state index contributed by atoms with van der Waals surface area (Å²) >= 11 is 0. The zero-order valence-corrected chi connectivity index (χ0v) is 9.78. The van der Waals surface area contributed by atoms with Crippen molar-refractivity contribution >= 4 is 5.97 Å². The number of carbonyl (C=O) groups is 1. The molecule has 0 aromatic heterocycles. The lowest BCUT2D eigenvalue weighted by atomic mass is 10.1. The molecule has 1 aromatic carbocycles. The van der Waals surface area contributed by atoms with Crippen LogP contribution in [-0.2, 0) is 22.4 Å². The summed E-state index contributed by atoms with van der Waals surface area (Å²) in [6, 6.07) is 6.12. The van der Waals surface area contributed by atoms with Gasteiger partial charge in [-0.2, -0.15) is 0 Å². The normalized spacial score (nSPS) is 13.0. The number of esters is 1. The lowest BCUT2D eigenvalue weighted by molar-refractivity contribution is -0.143. The van der Waals surface area contributed by atoms with Gasteiger partial charge in [-0.3, -0.25) is 4.79 Å². The molecule has 0 spiro atoms. The van der Waals surface area contributed by atoms with Gasteiger partial charge in [-0.1, -0.05) is 12.1 Å². The molecule has 1 aliphatic rings. The van der Waals surface area contributed by atoms with Crippen LogP contribution in [0.15, 0.2) is 18.2 Å². The molecule has 0 unspecified atom stereocenters. The number of rotatable bonds is 5. The smallest absolute Gasteiger partial charge is 0.307 e. The van der Waals surface area contributed by atoms with Gasteiger partial charge in [0.25, 0.3) is 0 Å². The van der Waals surface area contributed by atoms with Gasteiger partial charge in [0.1, 0.15) is 5.75 Å². The van der Waals surface area contributed by atoms with E-state index >= 15 is 0 Å². The maximum absolute atomic E-state index is 11.1. The third kappa shape index (κ3) is 3.20. The summed E-state index contributed by atoms with van der Waals surface area (Å²) in [5.74, 6) is 0.755. The van der Waals surface area contributed by atoms with Crippen LogP contribution in [0.25, 0.3) is 0 Å². The van der Waals surface area contributed by atoms with Crippen molar-refractivity contribution in [2.75, 3.05) is 19.8 Å². The molecule has 0 fully saturated rings. The highest BCUT2D eigenvalue weighted by Crippen LogP contribution is 2.25. The number of carbonyl (C=O) groups excluding carboxylic acids is 1.